The minimum Gasteiger partial charge on any atom is -0.468 e. The molecule has 0 saturated heterocycles. The second-order valence-electron chi connectivity index (χ2n) is 3.45. The molecule has 0 amide bonds. The maximum Gasteiger partial charge on any atom is 0.322 e. The topological polar surface area (TPSA) is 38.3 Å². The van der Waals surface area contributed by atoms with Crippen molar-refractivity contribution in [2.45, 2.75) is 32.2 Å². The van der Waals surface area contributed by atoms with Crippen molar-refractivity contribution in [3.63, 3.8) is 0 Å². The van der Waals surface area contributed by atoms with E-state index in [4.69, 9.17) is 0 Å². The van der Waals surface area contributed by atoms with Gasteiger partial charge in [0, 0.05) is 0 Å². The molecule has 0 bridgehead atoms. The molecule has 1 aliphatic carbocycles. The highest BCUT2D eigenvalue weighted by atomic mass is 16.5. The van der Waals surface area contributed by atoms with Gasteiger partial charge in [0.1, 0.15) is 6.04 Å². The van der Waals surface area contributed by atoms with Crippen LogP contribution in [0.25, 0.3) is 0 Å². The summed E-state index contributed by atoms with van der Waals surface area (Å²) in [7, 11) is 1.42. The first kappa shape index (κ1) is 9.52. The molecule has 0 aromatic heterocycles. The van der Waals surface area contributed by atoms with Gasteiger partial charge in [0.2, 0.25) is 0 Å². The molecule has 12 heavy (non-hydrogen) atoms. The second kappa shape index (κ2) is 4.45. The highest BCUT2D eigenvalue weighted by Crippen LogP contribution is 2.25. The number of nitrogens with one attached hydrogen (secondary N) is 1. The maximum absolute atomic E-state index is 10.9. The van der Waals surface area contributed by atoms with Crippen molar-refractivity contribution in [2.75, 3.05) is 13.7 Å². The highest BCUT2D eigenvalue weighted by Gasteiger charge is 2.19. The second-order valence-corrected chi connectivity index (χ2v) is 3.45. The first-order valence-electron chi connectivity index (χ1n) is 4.55. The van der Waals surface area contributed by atoms with E-state index in [1.165, 1.54) is 26.4 Å². The third kappa shape index (κ3) is 2.48. The molecule has 1 N–H and O–H groups in total. The van der Waals surface area contributed by atoms with Gasteiger partial charge in [-0.15, -0.1) is 0 Å². The predicted octanol–water partition coefficient (Wildman–Crippen LogP) is 0.938. The molecule has 3 heteroatoms. The first-order valence-corrected chi connectivity index (χ1v) is 4.55. The molecule has 0 radical (unpaired) electrons. The van der Waals surface area contributed by atoms with Crippen LogP contribution in [-0.4, -0.2) is 25.7 Å². The van der Waals surface area contributed by atoms with E-state index in [0.717, 1.165) is 12.5 Å². The van der Waals surface area contributed by atoms with Crippen LogP contribution in [0.4, 0.5) is 0 Å². The van der Waals surface area contributed by atoms with Gasteiger partial charge < -0.3 is 10.1 Å². The molecule has 0 heterocycles. The Hall–Kier alpha value is -0.570. The van der Waals surface area contributed by atoms with Crippen molar-refractivity contribution >= 4 is 5.97 Å². The molecule has 1 atom stereocenters. The molecule has 0 aromatic rings. The largest absolute Gasteiger partial charge is 0.468 e. The number of hydrogen-bond donors (Lipinski definition) is 1. The third-order valence-electron chi connectivity index (χ3n) is 2.49. The smallest absolute Gasteiger partial charge is 0.322 e. The van der Waals surface area contributed by atoms with Crippen LogP contribution in [0.1, 0.15) is 26.2 Å². The zero-order valence-electron chi connectivity index (χ0n) is 7.80. The summed E-state index contributed by atoms with van der Waals surface area (Å²) in [5, 5.41) is 3.16. The lowest BCUT2D eigenvalue weighted by Crippen LogP contribution is -2.39. The Kier molecular flexibility index (Phi) is 3.53. The first-order chi connectivity index (χ1) is 5.74. The van der Waals surface area contributed by atoms with E-state index in [0.29, 0.717) is 0 Å². The van der Waals surface area contributed by atoms with Crippen LogP contribution in [0.3, 0.4) is 0 Å². The number of methoxy groups -OCH3 is 1. The lowest BCUT2D eigenvalue weighted by Gasteiger charge is -2.26. The van der Waals surface area contributed by atoms with E-state index >= 15 is 0 Å². The zero-order valence-corrected chi connectivity index (χ0v) is 7.80. The summed E-state index contributed by atoms with van der Waals surface area (Å²) in [4.78, 5) is 10.9. The van der Waals surface area contributed by atoms with Gasteiger partial charge in [0.25, 0.3) is 0 Å². The summed E-state index contributed by atoms with van der Waals surface area (Å²) in [5.74, 6) is 0.617. The van der Waals surface area contributed by atoms with Gasteiger partial charge >= 0.3 is 5.97 Å². The van der Waals surface area contributed by atoms with Gasteiger partial charge in [-0.3, -0.25) is 4.79 Å². The van der Waals surface area contributed by atoms with Crippen molar-refractivity contribution in [1.29, 1.82) is 0 Å². The molecule has 70 valence electrons. The van der Waals surface area contributed by atoms with Crippen LogP contribution in [0.2, 0.25) is 0 Å². The number of carbonyl (C=O) groups excluding carboxylic acids is 1. The molecule has 0 aliphatic heterocycles. The molecular weight excluding hydrogens is 154 g/mol. The third-order valence-corrected chi connectivity index (χ3v) is 2.49. The quantitative estimate of drug-likeness (QED) is 0.640. The standard InChI is InChI=1S/C9H17NO2/c1-7(9(11)12-2)10-6-8-4-3-5-8/h7-8,10H,3-6H2,1-2H3/t7-/m0/s1. The highest BCUT2D eigenvalue weighted by molar-refractivity contribution is 5.75. The lowest BCUT2D eigenvalue weighted by atomic mass is 9.85. The molecule has 0 unspecified atom stereocenters. The van der Waals surface area contributed by atoms with Crippen LogP contribution in [-0.2, 0) is 9.53 Å². The lowest BCUT2D eigenvalue weighted by molar-refractivity contribution is -0.142. The van der Waals surface area contributed by atoms with Gasteiger partial charge in [0.05, 0.1) is 7.11 Å². The zero-order chi connectivity index (χ0) is 8.97. The predicted molar refractivity (Wildman–Crippen MR) is 46.8 cm³/mol. The fraction of sp³-hybridized carbons (Fsp3) is 0.889. The van der Waals surface area contributed by atoms with E-state index in [-0.39, 0.29) is 12.0 Å². The fourth-order valence-corrected chi connectivity index (χ4v) is 1.30. The Labute approximate surface area is 73.5 Å². The Morgan fingerprint density at radius 1 is 1.67 bits per heavy atom. The molecular formula is C9H17NO2. The average Bonchev–Trinajstić information content (AvgIpc) is 2.00. The summed E-state index contributed by atoms with van der Waals surface area (Å²) < 4.78 is 4.59. The summed E-state index contributed by atoms with van der Waals surface area (Å²) in [6, 6.07) is -0.157. The summed E-state index contributed by atoms with van der Waals surface area (Å²) in [6.07, 6.45) is 3.96. The van der Waals surface area contributed by atoms with Crippen LogP contribution >= 0.6 is 0 Å². The number of rotatable bonds is 4. The molecule has 1 fully saturated rings. The van der Waals surface area contributed by atoms with Gasteiger partial charge in [-0.2, -0.15) is 0 Å². The van der Waals surface area contributed by atoms with Crippen LogP contribution < -0.4 is 5.32 Å². The van der Waals surface area contributed by atoms with E-state index < -0.39 is 0 Å². The Morgan fingerprint density at radius 3 is 2.75 bits per heavy atom. The number of hydrogen-bond acceptors (Lipinski definition) is 3. The molecule has 0 aromatic carbocycles. The van der Waals surface area contributed by atoms with Crippen molar-refractivity contribution in [1.82, 2.24) is 5.32 Å². The number of carbonyl (C=O) groups is 1. The number of esters is 1. The summed E-state index contributed by atoms with van der Waals surface area (Å²) in [6.45, 7) is 2.79. The fourth-order valence-electron chi connectivity index (χ4n) is 1.30. The van der Waals surface area contributed by atoms with E-state index in [1.54, 1.807) is 0 Å². The Bertz CT molecular complexity index is 155. The van der Waals surface area contributed by atoms with Gasteiger partial charge in [-0.1, -0.05) is 6.42 Å². The maximum atomic E-state index is 10.9. The molecule has 0 spiro atoms. The van der Waals surface area contributed by atoms with Crippen molar-refractivity contribution in [3.8, 4) is 0 Å². The van der Waals surface area contributed by atoms with Crippen LogP contribution in [0.5, 0.6) is 0 Å². The minimum atomic E-state index is -0.172. The molecule has 1 aliphatic rings. The van der Waals surface area contributed by atoms with Gasteiger partial charge in [0.15, 0.2) is 0 Å². The van der Waals surface area contributed by atoms with Crippen LogP contribution in [0, 0.1) is 5.92 Å². The SMILES string of the molecule is COC(=O)[C@H](C)NCC1CCC1. The summed E-state index contributed by atoms with van der Waals surface area (Å²) >= 11 is 0. The average molecular weight is 171 g/mol. The molecule has 1 saturated carbocycles. The monoisotopic (exact) mass is 171 g/mol. The Balaban J connectivity index is 2.08. The van der Waals surface area contributed by atoms with Crippen molar-refractivity contribution in [3.05, 3.63) is 0 Å². The van der Waals surface area contributed by atoms with Gasteiger partial charge in [-0.25, -0.2) is 0 Å². The van der Waals surface area contributed by atoms with Crippen molar-refractivity contribution in [2.24, 2.45) is 5.92 Å². The summed E-state index contributed by atoms with van der Waals surface area (Å²) in [5.41, 5.74) is 0. The Morgan fingerprint density at radius 2 is 2.33 bits per heavy atom. The van der Waals surface area contributed by atoms with E-state index in [2.05, 4.69) is 10.1 Å². The van der Waals surface area contributed by atoms with Crippen molar-refractivity contribution < 1.29 is 9.53 Å². The van der Waals surface area contributed by atoms with E-state index in [1.807, 2.05) is 6.92 Å². The molecule has 1 rings (SSSR count). The van der Waals surface area contributed by atoms with Gasteiger partial charge in [-0.05, 0) is 32.2 Å². The van der Waals surface area contributed by atoms with E-state index in [9.17, 15) is 4.79 Å². The minimum absolute atomic E-state index is 0.157. The number of ether oxygens (including phenoxy) is 1. The molecule has 3 nitrogen and oxygen atoms in total. The van der Waals surface area contributed by atoms with Crippen LogP contribution in [0.15, 0.2) is 0 Å². The normalized spacial score (nSPS) is 19.8.